The van der Waals surface area contributed by atoms with Crippen LogP contribution in [-0.2, 0) is 14.1 Å². The van der Waals surface area contributed by atoms with Crippen LogP contribution >= 0.6 is 9.47 Å². The molecule has 0 radical (unpaired) electrons. The third-order valence-electron chi connectivity index (χ3n) is 4.75. The summed E-state index contributed by atoms with van der Waals surface area (Å²) in [5.41, 5.74) is 0. The molecule has 0 bridgehead atoms. The average Bonchev–Trinajstić information content (AvgIpc) is 2.60. The van der Waals surface area contributed by atoms with E-state index in [0.29, 0.717) is 12.5 Å². The number of hydrogen-bond acceptors (Lipinski definition) is 3. The Bertz CT molecular complexity index is 284. The van der Waals surface area contributed by atoms with Crippen molar-refractivity contribution in [3.63, 3.8) is 0 Å². The van der Waals surface area contributed by atoms with Gasteiger partial charge in [0.25, 0.3) is 0 Å². The van der Waals surface area contributed by atoms with Crippen LogP contribution < -0.4 is 0 Å². The maximum Gasteiger partial charge on any atom is 0.335 e. The number of esters is 1. The van der Waals surface area contributed by atoms with Gasteiger partial charge in [-0.05, 0) is 18.8 Å². The van der Waals surface area contributed by atoms with Crippen molar-refractivity contribution in [3.05, 3.63) is 0 Å². The van der Waals surface area contributed by atoms with E-state index < -0.39 is 6.10 Å². The Kier molecular flexibility index (Phi) is 17.6. The molecule has 0 amide bonds. The average molecular weight is 361 g/mol. The van der Waals surface area contributed by atoms with Gasteiger partial charge in [-0.1, -0.05) is 91.4 Å². The highest BCUT2D eigenvalue weighted by atomic mass is 31.0. The zero-order valence-corrected chi connectivity index (χ0v) is 17.5. The Morgan fingerprint density at radius 1 is 0.833 bits per heavy atom. The van der Waals surface area contributed by atoms with Crippen LogP contribution in [-0.4, -0.2) is 18.7 Å². The summed E-state index contributed by atoms with van der Waals surface area (Å²) in [7, 11) is 2.22. The van der Waals surface area contributed by atoms with Crippen LogP contribution in [0, 0.1) is 5.92 Å². The Morgan fingerprint density at radius 3 is 1.96 bits per heavy atom. The molecular formula is C20H41O3P. The van der Waals surface area contributed by atoms with E-state index in [1.54, 1.807) is 0 Å². The van der Waals surface area contributed by atoms with E-state index in [1.807, 2.05) is 0 Å². The molecule has 3 unspecified atom stereocenters. The van der Waals surface area contributed by atoms with Crippen molar-refractivity contribution in [2.24, 2.45) is 5.92 Å². The van der Waals surface area contributed by atoms with Gasteiger partial charge in [0.1, 0.15) is 0 Å². The zero-order chi connectivity index (χ0) is 18.0. The van der Waals surface area contributed by atoms with E-state index in [2.05, 4.69) is 30.2 Å². The maximum absolute atomic E-state index is 12.1. The van der Waals surface area contributed by atoms with Gasteiger partial charge in [0, 0.05) is 9.47 Å². The summed E-state index contributed by atoms with van der Waals surface area (Å²) in [5.74, 6) is 0.299. The summed E-state index contributed by atoms with van der Waals surface area (Å²) in [6.45, 7) is 7.16. The SMILES string of the molecule is CCCCCCCCC(CC)COC(=O)C(CCCCCC)OP. The van der Waals surface area contributed by atoms with Gasteiger partial charge in [-0.2, -0.15) is 0 Å². The van der Waals surface area contributed by atoms with Crippen LogP contribution in [0.2, 0.25) is 0 Å². The van der Waals surface area contributed by atoms with Crippen molar-refractivity contribution in [2.45, 2.75) is 110 Å². The summed E-state index contributed by atoms with van der Waals surface area (Å²) in [5, 5.41) is 0. The predicted octanol–water partition coefficient (Wildman–Crippen LogP) is 6.45. The summed E-state index contributed by atoms with van der Waals surface area (Å²) in [6.07, 6.45) is 15.1. The Hall–Kier alpha value is -0.140. The van der Waals surface area contributed by atoms with Crippen LogP contribution in [0.5, 0.6) is 0 Å². The van der Waals surface area contributed by atoms with Crippen LogP contribution in [0.3, 0.4) is 0 Å². The van der Waals surface area contributed by atoms with Crippen molar-refractivity contribution >= 4 is 15.4 Å². The van der Waals surface area contributed by atoms with Gasteiger partial charge in [-0.25, -0.2) is 4.79 Å². The summed E-state index contributed by atoms with van der Waals surface area (Å²) < 4.78 is 10.8. The molecule has 0 aliphatic rings. The number of carbonyl (C=O) groups excluding carboxylic acids is 1. The van der Waals surface area contributed by atoms with Crippen molar-refractivity contribution in [1.82, 2.24) is 0 Å². The Labute approximate surface area is 152 Å². The second-order valence-electron chi connectivity index (χ2n) is 6.93. The fraction of sp³-hybridized carbons (Fsp3) is 0.950. The first kappa shape index (κ1) is 23.9. The summed E-state index contributed by atoms with van der Waals surface area (Å²) in [4.78, 5) is 12.1. The first-order valence-electron chi connectivity index (χ1n) is 10.2. The molecule has 0 aliphatic carbocycles. The normalized spacial score (nSPS) is 13.7. The van der Waals surface area contributed by atoms with E-state index >= 15 is 0 Å². The van der Waals surface area contributed by atoms with E-state index in [4.69, 9.17) is 9.26 Å². The van der Waals surface area contributed by atoms with Gasteiger partial charge in [0.05, 0.1) is 6.61 Å². The molecule has 0 spiro atoms. The highest BCUT2D eigenvalue weighted by Gasteiger charge is 2.20. The molecule has 0 saturated carbocycles. The molecule has 0 aliphatic heterocycles. The fourth-order valence-corrected chi connectivity index (χ4v) is 3.16. The van der Waals surface area contributed by atoms with Gasteiger partial charge in [0.2, 0.25) is 0 Å². The van der Waals surface area contributed by atoms with E-state index in [0.717, 1.165) is 25.7 Å². The monoisotopic (exact) mass is 360 g/mol. The van der Waals surface area contributed by atoms with Gasteiger partial charge < -0.3 is 9.26 Å². The lowest BCUT2D eigenvalue weighted by Crippen LogP contribution is -2.26. The Balaban J connectivity index is 3.87. The van der Waals surface area contributed by atoms with Crippen molar-refractivity contribution in [3.8, 4) is 0 Å². The van der Waals surface area contributed by atoms with Gasteiger partial charge in [0.15, 0.2) is 6.10 Å². The minimum absolute atomic E-state index is 0.192. The maximum atomic E-state index is 12.1. The molecule has 0 heterocycles. The van der Waals surface area contributed by atoms with E-state index in [1.165, 1.54) is 57.8 Å². The topological polar surface area (TPSA) is 35.5 Å². The quantitative estimate of drug-likeness (QED) is 0.170. The molecular weight excluding hydrogens is 319 g/mol. The first-order chi connectivity index (χ1) is 11.7. The number of unbranched alkanes of at least 4 members (excludes halogenated alkanes) is 8. The lowest BCUT2D eigenvalue weighted by molar-refractivity contribution is -0.153. The summed E-state index contributed by atoms with van der Waals surface area (Å²) >= 11 is 0. The molecule has 0 aromatic rings. The minimum Gasteiger partial charge on any atom is -0.463 e. The highest BCUT2D eigenvalue weighted by molar-refractivity contribution is 7.09. The predicted molar refractivity (Wildman–Crippen MR) is 106 cm³/mol. The lowest BCUT2D eigenvalue weighted by Gasteiger charge is -2.18. The molecule has 24 heavy (non-hydrogen) atoms. The minimum atomic E-state index is -0.418. The van der Waals surface area contributed by atoms with Crippen molar-refractivity contribution in [1.29, 1.82) is 0 Å². The van der Waals surface area contributed by atoms with Crippen LogP contribution in [0.15, 0.2) is 0 Å². The van der Waals surface area contributed by atoms with Crippen molar-refractivity contribution in [2.75, 3.05) is 6.61 Å². The largest absolute Gasteiger partial charge is 0.463 e. The fourth-order valence-electron chi connectivity index (χ4n) is 2.91. The van der Waals surface area contributed by atoms with Crippen molar-refractivity contribution < 1.29 is 14.1 Å². The molecule has 144 valence electrons. The molecule has 0 N–H and O–H groups in total. The highest BCUT2D eigenvalue weighted by Crippen LogP contribution is 2.17. The molecule has 3 nitrogen and oxygen atoms in total. The Morgan fingerprint density at radius 2 is 1.38 bits per heavy atom. The third-order valence-corrected chi connectivity index (χ3v) is 5.08. The second-order valence-corrected chi connectivity index (χ2v) is 7.21. The number of carbonyl (C=O) groups is 1. The third kappa shape index (κ3) is 13.2. The number of rotatable bonds is 17. The molecule has 0 saturated heterocycles. The lowest BCUT2D eigenvalue weighted by atomic mass is 9.98. The van der Waals surface area contributed by atoms with Crippen LogP contribution in [0.25, 0.3) is 0 Å². The van der Waals surface area contributed by atoms with Crippen LogP contribution in [0.4, 0.5) is 0 Å². The van der Waals surface area contributed by atoms with Gasteiger partial charge >= 0.3 is 5.97 Å². The number of hydrogen-bond donors (Lipinski definition) is 0. The van der Waals surface area contributed by atoms with E-state index in [9.17, 15) is 4.79 Å². The molecule has 0 rings (SSSR count). The van der Waals surface area contributed by atoms with Crippen LogP contribution in [0.1, 0.15) is 104 Å². The molecule has 0 fully saturated rings. The molecule has 0 aromatic heterocycles. The number of ether oxygens (including phenoxy) is 1. The molecule has 0 aromatic carbocycles. The van der Waals surface area contributed by atoms with Gasteiger partial charge in [-0.3, -0.25) is 0 Å². The molecule has 4 heteroatoms. The zero-order valence-electron chi connectivity index (χ0n) is 16.4. The summed E-state index contributed by atoms with van der Waals surface area (Å²) in [6, 6.07) is 0. The molecule has 3 atom stereocenters. The standard InChI is InChI=1S/C20H41O3P/c1-4-7-9-11-12-13-15-18(6-3)17-22-20(21)19(23-24)16-14-10-8-5-2/h18-19H,4-17,24H2,1-3H3. The van der Waals surface area contributed by atoms with E-state index in [-0.39, 0.29) is 5.97 Å². The smallest absolute Gasteiger partial charge is 0.335 e. The second kappa shape index (κ2) is 17.7. The first-order valence-corrected chi connectivity index (χ1v) is 10.7. The van der Waals surface area contributed by atoms with Gasteiger partial charge in [-0.15, -0.1) is 0 Å².